The molecular formula is C8H15NOS. The maximum atomic E-state index is 11.3. The highest BCUT2D eigenvalue weighted by Crippen LogP contribution is 2.24. The van der Waals surface area contributed by atoms with Crippen LogP contribution in [0.3, 0.4) is 0 Å². The van der Waals surface area contributed by atoms with E-state index in [4.69, 9.17) is 0 Å². The van der Waals surface area contributed by atoms with E-state index in [1.807, 2.05) is 4.90 Å². The number of hydrogen-bond acceptors (Lipinski definition) is 2. The van der Waals surface area contributed by atoms with Crippen LogP contribution in [-0.2, 0) is 0 Å². The van der Waals surface area contributed by atoms with Crippen LogP contribution in [0.2, 0.25) is 0 Å². The van der Waals surface area contributed by atoms with E-state index in [0.717, 1.165) is 18.7 Å². The van der Waals surface area contributed by atoms with Crippen LogP contribution in [-0.4, -0.2) is 28.0 Å². The standard InChI is InChI=1S/C8H15NOS/c1-8(2,3)9-5-4-6-11-7(9)10/h4-6H2,1-3H3. The van der Waals surface area contributed by atoms with Crippen molar-refractivity contribution >= 4 is 17.0 Å². The third kappa shape index (κ3) is 2.12. The SMILES string of the molecule is CC(C)(C)N1CCCSC1=O. The van der Waals surface area contributed by atoms with Crippen molar-refractivity contribution in [1.82, 2.24) is 4.90 Å². The maximum Gasteiger partial charge on any atom is 0.282 e. The van der Waals surface area contributed by atoms with Crippen LogP contribution in [0.15, 0.2) is 0 Å². The van der Waals surface area contributed by atoms with Gasteiger partial charge in [-0.05, 0) is 27.2 Å². The lowest BCUT2D eigenvalue weighted by molar-refractivity contribution is 0.165. The van der Waals surface area contributed by atoms with E-state index < -0.39 is 0 Å². The Kier molecular flexibility index (Phi) is 2.47. The summed E-state index contributed by atoms with van der Waals surface area (Å²) in [6, 6.07) is 0. The molecule has 0 N–H and O–H groups in total. The van der Waals surface area contributed by atoms with E-state index in [-0.39, 0.29) is 10.8 Å². The van der Waals surface area contributed by atoms with E-state index in [1.54, 1.807) is 0 Å². The molecule has 11 heavy (non-hydrogen) atoms. The number of hydrogen-bond donors (Lipinski definition) is 0. The number of amides is 1. The first-order valence-corrected chi connectivity index (χ1v) is 4.95. The van der Waals surface area contributed by atoms with E-state index in [0.29, 0.717) is 0 Å². The first-order chi connectivity index (χ1) is 5.02. The average molecular weight is 173 g/mol. The number of carbonyl (C=O) groups is 1. The second kappa shape index (κ2) is 3.05. The van der Waals surface area contributed by atoms with E-state index in [2.05, 4.69) is 20.8 Å². The van der Waals surface area contributed by atoms with Gasteiger partial charge in [0.1, 0.15) is 0 Å². The summed E-state index contributed by atoms with van der Waals surface area (Å²) >= 11 is 1.44. The van der Waals surface area contributed by atoms with Gasteiger partial charge >= 0.3 is 0 Å². The normalized spacial score (nSPS) is 20.6. The first kappa shape index (κ1) is 8.91. The predicted octanol–water partition coefficient (Wildman–Crippen LogP) is 2.34. The lowest BCUT2D eigenvalue weighted by Gasteiger charge is -2.37. The van der Waals surface area contributed by atoms with Crippen molar-refractivity contribution in [3.05, 3.63) is 0 Å². The Balaban J connectivity index is 2.62. The summed E-state index contributed by atoms with van der Waals surface area (Å²) in [4.78, 5) is 13.3. The summed E-state index contributed by atoms with van der Waals surface area (Å²) in [7, 11) is 0. The molecule has 0 aromatic heterocycles. The lowest BCUT2D eigenvalue weighted by Crippen LogP contribution is -2.46. The zero-order valence-electron chi connectivity index (χ0n) is 7.39. The molecule has 0 spiro atoms. The van der Waals surface area contributed by atoms with Crippen LogP contribution < -0.4 is 0 Å². The molecule has 64 valence electrons. The molecule has 0 atom stereocenters. The largest absolute Gasteiger partial charge is 0.329 e. The number of thioether (sulfide) groups is 1. The van der Waals surface area contributed by atoms with Crippen LogP contribution in [0, 0.1) is 0 Å². The van der Waals surface area contributed by atoms with Crippen LogP contribution >= 0.6 is 11.8 Å². The van der Waals surface area contributed by atoms with Gasteiger partial charge in [-0.3, -0.25) is 4.79 Å². The summed E-state index contributed by atoms with van der Waals surface area (Å²) in [5.74, 6) is 0.991. The molecule has 0 bridgehead atoms. The van der Waals surface area contributed by atoms with E-state index >= 15 is 0 Å². The fourth-order valence-electron chi connectivity index (χ4n) is 1.16. The number of nitrogens with zero attached hydrogens (tertiary/aromatic N) is 1. The zero-order chi connectivity index (χ0) is 8.48. The van der Waals surface area contributed by atoms with Gasteiger partial charge in [0, 0.05) is 17.8 Å². The van der Waals surface area contributed by atoms with Crippen molar-refractivity contribution in [3.8, 4) is 0 Å². The predicted molar refractivity (Wildman–Crippen MR) is 48.9 cm³/mol. The van der Waals surface area contributed by atoms with Gasteiger partial charge in [0.2, 0.25) is 0 Å². The Bertz CT molecular complexity index is 162. The molecule has 0 saturated carbocycles. The van der Waals surface area contributed by atoms with Gasteiger partial charge in [-0.15, -0.1) is 0 Å². The Labute approximate surface area is 72.3 Å². The summed E-state index contributed by atoms with van der Waals surface area (Å²) in [6.45, 7) is 7.17. The zero-order valence-corrected chi connectivity index (χ0v) is 8.20. The quantitative estimate of drug-likeness (QED) is 0.560. The Morgan fingerprint density at radius 1 is 1.45 bits per heavy atom. The van der Waals surface area contributed by atoms with Crippen molar-refractivity contribution in [1.29, 1.82) is 0 Å². The molecule has 1 rings (SSSR count). The molecule has 0 radical (unpaired) electrons. The van der Waals surface area contributed by atoms with E-state index in [1.165, 1.54) is 11.8 Å². The Morgan fingerprint density at radius 3 is 2.45 bits per heavy atom. The molecule has 0 aliphatic carbocycles. The minimum Gasteiger partial charge on any atom is -0.329 e. The van der Waals surface area contributed by atoms with Crippen LogP contribution in [0.5, 0.6) is 0 Å². The van der Waals surface area contributed by atoms with Gasteiger partial charge in [-0.25, -0.2) is 0 Å². The summed E-state index contributed by atoms with van der Waals surface area (Å²) < 4.78 is 0. The Morgan fingerprint density at radius 2 is 2.09 bits per heavy atom. The smallest absolute Gasteiger partial charge is 0.282 e. The lowest BCUT2D eigenvalue weighted by atomic mass is 10.1. The fourth-order valence-corrected chi connectivity index (χ4v) is 2.13. The molecule has 1 heterocycles. The molecule has 1 fully saturated rings. The number of rotatable bonds is 0. The molecule has 1 aliphatic rings. The van der Waals surface area contributed by atoms with Crippen molar-refractivity contribution in [2.24, 2.45) is 0 Å². The van der Waals surface area contributed by atoms with Gasteiger partial charge < -0.3 is 4.90 Å². The molecule has 1 aliphatic heterocycles. The second-order valence-corrected chi connectivity index (χ2v) is 4.84. The third-order valence-corrected chi connectivity index (χ3v) is 2.74. The highest BCUT2D eigenvalue weighted by Gasteiger charge is 2.28. The second-order valence-electron chi connectivity index (χ2n) is 3.79. The van der Waals surface area contributed by atoms with Gasteiger partial charge in [0.05, 0.1) is 0 Å². The summed E-state index contributed by atoms with van der Waals surface area (Å²) in [6.07, 6.45) is 1.13. The summed E-state index contributed by atoms with van der Waals surface area (Å²) in [5.41, 5.74) is 0.00447. The molecule has 0 unspecified atom stereocenters. The third-order valence-electron chi connectivity index (χ3n) is 1.78. The topological polar surface area (TPSA) is 20.3 Å². The van der Waals surface area contributed by atoms with Crippen molar-refractivity contribution in [2.75, 3.05) is 12.3 Å². The summed E-state index contributed by atoms with van der Waals surface area (Å²) in [5, 5.41) is 0.240. The molecule has 3 heteroatoms. The first-order valence-electron chi connectivity index (χ1n) is 3.96. The van der Waals surface area contributed by atoms with Gasteiger partial charge in [0.25, 0.3) is 5.24 Å². The van der Waals surface area contributed by atoms with Crippen LogP contribution in [0.4, 0.5) is 4.79 Å². The van der Waals surface area contributed by atoms with Gasteiger partial charge in [-0.2, -0.15) is 0 Å². The Hall–Kier alpha value is -0.180. The van der Waals surface area contributed by atoms with Crippen molar-refractivity contribution in [3.63, 3.8) is 0 Å². The molecule has 0 aromatic rings. The van der Waals surface area contributed by atoms with Crippen LogP contribution in [0.25, 0.3) is 0 Å². The van der Waals surface area contributed by atoms with Crippen molar-refractivity contribution < 1.29 is 4.79 Å². The van der Waals surface area contributed by atoms with Gasteiger partial charge in [0.15, 0.2) is 0 Å². The maximum absolute atomic E-state index is 11.3. The molecular weight excluding hydrogens is 158 g/mol. The van der Waals surface area contributed by atoms with E-state index in [9.17, 15) is 4.79 Å². The minimum absolute atomic E-state index is 0.00447. The molecule has 2 nitrogen and oxygen atoms in total. The highest BCUT2D eigenvalue weighted by molar-refractivity contribution is 8.13. The fraction of sp³-hybridized carbons (Fsp3) is 0.875. The van der Waals surface area contributed by atoms with Crippen LogP contribution in [0.1, 0.15) is 27.2 Å². The molecule has 0 aromatic carbocycles. The van der Waals surface area contributed by atoms with Gasteiger partial charge in [-0.1, -0.05) is 11.8 Å². The number of carbonyl (C=O) groups excluding carboxylic acids is 1. The molecule has 1 saturated heterocycles. The highest BCUT2D eigenvalue weighted by atomic mass is 32.2. The van der Waals surface area contributed by atoms with Crippen molar-refractivity contribution in [2.45, 2.75) is 32.7 Å². The molecule has 1 amide bonds. The monoisotopic (exact) mass is 173 g/mol. The average Bonchev–Trinajstić information content (AvgIpc) is 1.86. The minimum atomic E-state index is 0.00447.